The van der Waals surface area contributed by atoms with Crippen molar-refractivity contribution in [1.82, 2.24) is 9.80 Å². The maximum absolute atomic E-state index is 13.0. The molecule has 1 heterocycles. The standard InChI is InChI=1S/C19H28N2O2/c1-20-11-10-17(12-18(22)14-20)21(19(23)16-8-5-9-16)13-15-6-3-2-4-7-15/h2-4,6-7,16-18,22H,5,8-14H2,1H3/t17-,18-/m0/s1. The molecule has 126 valence electrons. The van der Waals surface area contributed by atoms with Gasteiger partial charge < -0.3 is 14.9 Å². The van der Waals surface area contributed by atoms with Crippen molar-refractivity contribution in [3.63, 3.8) is 0 Å². The Hall–Kier alpha value is -1.39. The quantitative estimate of drug-likeness (QED) is 0.927. The summed E-state index contributed by atoms with van der Waals surface area (Å²) >= 11 is 0. The number of likely N-dealkylation sites (N-methyl/N-ethyl adjacent to an activating group) is 1. The van der Waals surface area contributed by atoms with Crippen LogP contribution in [0, 0.1) is 5.92 Å². The highest BCUT2D eigenvalue weighted by atomic mass is 16.3. The largest absolute Gasteiger partial charge is 0.392 e. The van der Waals surface area contributed by atoms with Crippen LogP contribution >= 0.6 is 0 Å². The van der Waals surface area contributed by atoms with Crippen LogP contribution in [0.15, 0.2) is 30.3 Å². The summed E-state index contributed by atoms with van der Waals surface area (Å²) in [6.45, 7) is 2.30. The number of carbonyl (C=O) groups is 1. The molecule has 1 aliphatic carbocycles. The predicted octanol–water partition coefficient (Wildman–Crippen LogP) is 2.27. The van der Waals surface area contributed by atoms with Gasteiger partial charge in [0.25, 0.3) is 0 Å². The zero-order valence-electron chi connectivity index (χ0n) is 14.0. The van der Waals surface area contributed by atoms with Gasteiger partial charge in [-0.05, 0) is 44.8 Å². The normalized spacial score (nSPS) is 26.3. The third-order valence-corrected chi connectivity index (χ3v) is 5.28. The van der Waals surface area contributed by atoms with E-state index in [0.29, 0.717) is 25.4 Å². The lowest BCUT2D eigenvalue weighted by Gasteiger charge is -2.37. The molecule has 0 spiro atoms. The van der Waals surface area contributed by atoms with E-state index >= 15 is 0 Å². The van der Waals surface area contributed by atoms with Gasteiger partial charge in [0.05, 0.1) is 6.10 Å². The van der Waals surface area contributed by atoms with Crippen molar-refractivity contribution >= 4 is 5.91 Å². The number of likely N-dealkylation sites (tertiary alicyclic amines) is 1. The van der Waals surface area contributed by atoms with E-state index in [9.17, 15) is 9.90 Å². The van der Waals surface area contributed by atoms with Crippen LogP contribution in [-0.4, -0.2) is 53.1 Å². The first-order valence-electron chi connectivity index (χ1n) is 8.84. The van der Waals surface area contributed by atoms with Crippen molar-refractivity contribution in [2.45, 2.75) is 50.8 Å². The molecule has 1 amide bonds. The van der Waals surface area contributed by atoms with Crippen molar-refractivity contribution in [3.8, 4) is 0 Å². The number of aliphatic hydroxyl groups excluding tert-OH is 1. The smallest absolute Gasteiger partial charge is 0.226 e. The molecule has 1 aromatic carbocycles. The number of rotatable bonds is 4. The molecule has 4 nitrogen and oxygen atoms in total. The average molecular weight is 316 g/mol. The minimum absolute atomic E-state index is 0.142. The number of carbonyl (C=O) groups excluding carboxylic acids is 1. The third-order valence-electron chi connectivity index (χ3n) is 5.28. The molecule has 2 aliphatic rings. The van der Waals surface area contributed by atoms with Crippen LogP contribution in [0.3, 0.4) is 0 Å². The molecule has 0 radical (unpaired) electrons. The molecular formula is C19H28N2O2. The van der Waals surface area contributed by atoms with Gasteiger partial charge in [-0.1, -0.05) is 36.8 Å². The fourth-order valence-electron chi connectivity index (χ4n) is 3.67. The maximum atomic E-state index is 13.0. The van der Waals surface area contributed by atoms with Gasteiger partial charge in [0.1, 0.15) is 0 Å². The SMILES string of the molecule is CN1CC[C@H](N(Cc2ccccc2)C(=O)C2CCC2)C[C@H](O)C1. The zero-order valence-corrected chi connectivity index (χ0v) is 14.0. The molecule has 0 bridgehead atoms. The maximum Gasteiger partial charge on any atom is 0.226 e. The van der Waals surface area contributed by atoms with E-state index in [-0.39, 0.29) is 18.1 Å². The summed E-state index contributed by atoms with van der Waals surface area (Å²) in [4.78, 5) is 17.2. The van der Waals surface area contributed by atoms with Crippen molar-refractivity contribution in [1.29, 1.82) is 0 Å². The number of aliphatic hydroxyl groups is 1. The molecule has 1 N–H and O–H groups in total. The fraction of sp³-hybridized carbons (Fsp3) is 0.632. The molecule has 1 aromatic rings. The minimum Gasteiger partial charge on any atom is -0.392 e. The van der Waals surface area contributed by atoms with Crippen molar-refractivity contribution in [2.75, 3.05) is 20.1 Å². The number of β-amino-alcohol motifs (C(OH)–C–C–N with tert-alkyl or cyclic N) is 1. The summed E-state index contributed by atoms with van der Waals surface area (Å²) in [5.74, 6) is 0.499. The summed E-state index contributed by atoms with van der Waals surface area (Å²) in [5.41, 5.74) is 1.17. The topological polar surface area (TPSA) is 43.8 Å². The molecule has 2 atom stereocenters. The Balaban J connectivity index is 1.77. The van der Waals surface area contributed by atoms with Gasteiger partial charge in [-0.3, -0.25) is 4.79 Å². The highest BCUT2D eigenvalue weighted by Gasteiger charge is 2.35. The molecule has 1 saturated heterocycles. The van der Waals surface area contributed by atoms with E-state index in [2.05, 4.69) is 21.9 Å². The first-order valence-corrected chi connectivity index (χ1v) is 8.84. The second-order valence-electron chi connectivity index (χ2n) is 7.17. The van der Waals surface area contributed by atoms with Gasteiger partial charge in [0, 0.05) is 25.0 Å². The molecule has 4 heteroatoms. The molecule has 23 heavy (non-hydrogen) atoms. The highest BCUT2D eigenvalue weighted by molar-refractivity contribution is 5.80. The first-order chi connectivity index (χ1) is 11.1. The van der Waals surface area contributed by atoms with Crippen LogP contribution in [0.4, 0.5) is 0 Å². The van der Waals surface area contributed by atoms with Crippen molar-refractivity contribution in [3.05, 3.63) is 35.9 Å². The Morgan fingerprint density at radius 2 is 2.00 bits per heavy atom. The van der Waals surface area contributed by atoms with Crippen molar-refractivity contribution in [2.24, 2.45) is 5.92 Å². The Morgan fingerprint density at radius 1 is 1.26 bits per heavy atom. The number of benzene rings is 1. The predicted molar refractivity (Wildman–Crippen MR) is 90.9 cm³/mol. The van der Waals surface area contributed by atoms with Crippen LogP contribution in [0.5, 0.6) is 0 Å². The number of hydrogen-bond acceptors (Lipinski definition) is 3. The minimum atomic E-state index is -0.347. The first kappa shape index (κ1) is 16.5. The second kappa shape index (κ2) is 7.45. The molecule has 0 aromatic heterocycles. The van der Waals surface area contributed by atoms with Gasteiger partial charge in [-0.2, -0.15) is 0 Å². The van der Waals surface area contributed by atoms with Gasteiger partial charge >= 0.3 is 0 Å². The Kier molecular flexibility index (Phi) is 5.34. The fourth-order valence-corrected chi connectivity index (χ4v) is 3.67. The van der Waals surface area contributed by atoms with E-state index in [1.807, 2.05) is 25.2 Å². The number of hydrogen-bond donors (Lipinski definition) is 1. The zero-order chi connectivity index (χ0) is 16.2. The monoisotopic (exact) mass is 316 g/mol. The number of nitrogens with zero attached hydrogens (tertiary/aromatic N) is 2. The second-order valence-corrected chi connectivity index (χ2v) is 7.17. The lowest BCUT2D eigenvalue weighted by molar-refractivity contribution is -0.142. The number of amides is 1. The van der Waals surface area contributed by atoms with Crippen LogP contribution in [0.2, 0.25) is 0 Å². The lowest BCUT2D eigenvalue weighted by Crippen LogP contribution is -2.46. The summed E-state index contributed by atoms with van der Waals surface area (Å²) < 4.78 is 0. The van der Waals surface area contributed by atoms with E-state index in [4.69, 9.17) is 0 Å². The van der Waals surface area contributed by atoms with E-state index in [1.165, 1.54) is 12.0 Å². The average Bonchev–Trinajstić information content (AvgIpc) is 2.64. The summed E-state index contributed by atoms with van der Waals surface area (Å²) in [7, 11) is 2.04. The van der Waals surface area contributed by atoms with E-state index in [0.717, 1.165) is 25.8 Å². The van der Waals surface area contributed by atoms with Crippen LogP contribution in [0.1, 0.15) is 37.7 Å². The van der Waals surface area contributed by atoms with Crippen LogP contribution in [-0.2, 0) is 11.3 Å². The summed E-state index contributed by atoms with van der Waals surface area (Å²) in [6.07, 6.45) is 4.51. The van der Waals surface area contributed by atoms with E-state index < -0.39 is 0 Å². The van der Waals surface area contributed by atoms with Crippen molar-refractivity contribution < 1.29 is 9.90 Å². The molecular weight excluding hydrogens is 288 g/mol. The van der Waals surface area contributed by atoms with Crippen LogP contribution in [0.25, 0.3) is 0 Å². The highest BCUT2D eigenvalue weighted by Crippen LogP contribution is 2.31. The molecule has 1 aliphatic heterocycles. The van der Waals surface area contributed by atoms with Crippen LogP contribution < -0.4 is 0 Å². The van der Waals surface area contributed by atoms with Gasteiger partial charge in [-0.15, -0.1) is 0 Å². The Bertz CT molecular complexity index is 515. The van der Waals surface area contributed by atoms with E-state index in [1.54, 1.807) is 0 Å². The Labute approximate surface area is 139 Å². The lowest BCUT2D eigenvalue weighted by atomic mass is 9.83. The van der Waals surface area contributed by atoms with Gasteiger partial charge in [-0.25, -0.2) is 0 Å². The summed E-state index contributed by atoms with van der Waals surface area (Å²) in [6, 6.07) is 10.4. The van der Waals surface area contributed by atoms with Gasteiger partial charge in [0.2, 0.25) is 5.91 Å². The Morgan fingerprint density at radius 3 is 2.65 bits per heavy atom. The summed E-state index contributed by atoms with van der Waals surface area (Å²) in [5, 5.41) is 10.3. The molecule has 0 unspecified atom stereocenters. The molecule has 2 fully saturated rings. The van der Waals surface area contributed by atoms with Gasteiger partial charge in [0.15, 0.2) is 0 Å². The molecule has 1 saturated carbocycles. The third kappa shape index (κ3) is 4.12. The molecule has 3 rings (SSSR count).